The van der Waals surface area contributed by atoms with E-state index in [1.165, 1.54) is 18.4 Å². The molecule has 1 aromatic rings. The zero-order chi connectivity index (χ0) is 14.5. The van der Waals surface area contributed by atoms with Crippen LogP contribution < -0.4 is 5.46 Å². The summed E-state index contributed by atoms with van der Waals surface area (Å²) in [6, 6.07) is 6.09. The number of rotatable bonds is 3. The van der Waals surface area contributed by atoms with E-state index in [1.54, 1.807) is 0 Å². The Morgan fingerprint density at radius 3 is 2.30 bits per heavy atom. The summed E-state index contributed by atoms with van der Waals surface area (Å²) >= 11 is 6.18. The fourth-order valence-corrected chi connectivity index (χ4v) is 2.75. The van der Waals surface area contributed by atoms with Crippen molar-refractivity contribution in [2.75, 3.05) is 0 Å². The lowest BCUT2D eigenvalue weighted by molar-refractivity contribution is 0.00578. The lowest BCUT2D eigenvalue weighted by Crippen LogP contribution is -2.41. The van der Waals surface area contributed by atoms with E-state index in [1.807, 2.05) is 12.1 Å². The first kappa shape index (κ1) is 14.4. The summed E-state index contributed by atoms with van der Waals surface area (Å²) in [6.07, 6.45) is 3.79. The Hall–Kier alpha value is -0.505. The lowest BCUT2D eigenvalue weighted by Gasteiger charge is -2.32. The van der Waals surface area contributed by atoms with Crippen molar-refractivity contribution in [1.29, 1.82) is 0 Å². The van der Waals surface area contributed by atoms with Crippen molar-refractivity contribution in [3.8, 4) is 0 Å². The molecule has 0 atom stereocenters. The topological polar surface area (TPSA) is 18.5 Å². The molecule has 20 heavy (non-hydrogen) atoms. The number of halogens is 1. The van der Waals surface area contributed by atoms with Crippen molar-refractivity contribution in [3.63, 3.8) is 0 Å². The van der Waals surface area contributed by atoms with Gasteiger partial charge in [-0.15, -0.1) is 0 Å². The summed E-state index contributed by atoms with van der Waals surface area (Å²) in [5.74, 6) is 0.831. The zero-order valence-electron chi connectivity index (χ0n) is 12.7. The SMILES string of the molecule is CC1(C)OB(c2cc(Cl)ccc2CC2CC2)OC1(C)C. The Bertz CT molecular complexity index is 507. The van der Waals surface area contributed by atoms with Crippen LogP contribution in [-0.2, 0) is 15.7 Å². The standard InChI is InChI=1S/C16H22BClO2/c1-15(2)16(3,4)20-17(19-15)14-10-13(18)8-7-12(14)9-11-5-6-11/h7-8,10-11H,5-6,9H2,1-4H3. The van der Waals surface area contributed by atoms with Gasteiger partial charge in [0.15, 0.2) is 0 Å². The van der Waals surface area contributed by atoms with Gasteiger partial charge in [0.05, 0.1) is 11.2 Å². The average molecular weight is 293 g/mol. The Labute approximate surface area is 126 Å². The Morgan fingerprint density at radius 2 is 1.75 bits per heavy atom. The first-order chi connectivity index (χ1) is 9.28. The third-order valence-corrected chi connectivity index (χ3v) is 5.06. The minimum Gasteiger partial charge on any atom is -0.399 e. The van der Waals surface area contributed by atoms with Gasteiger partial charge >= 0.3 is 7.12 Å². The van der Waals surface area contributed by atoms with Gasteiger partial charge in [-0.05, 0) is 76.0 Å². The summed E-state index contributed by atoms with van der Waals surface area (Å²) in [5, 5.41) is 0.745. The van der Waals surface area contributed by atoms with E-state index in [2.05, 4.69) is 33.8 Å². The van der Waals surface area contributed by atoms with Crippen LogP contribution in [0.5, 0.6) is 0 Å². The van der Waals surface area contributed by atoms with Crippen LogP contribution in [-0.4, -0.2) is 18.3 Å². The quantitative estimate of drug-likeness (QED) is 0.793. The van der Waals surface area contributed by atoms with E-state index < -0.39 is 0 Å². The second-order valence-corrected chi connectivity index (χ2v) is 7.52. The first-order valence-electron chi connectivity index (χ1n) is 7.42. The molecule has 1 aliphatic carbocycles. The third-order valence-electron chi connectivity index (χ3n) is 4.82. The van der Waals surface area contributed by atoms with Crippen molar-refractivity contribution < 1.29 is 9.31 Å². The maximum absolute atomic E-state index is 6.18. The van der Waals surface area contributed by atoms with Gasteiger partial charge in [-0.1, -0.05) is 17.7 Å². The van der Waals surface area contributed by atoms with Crippen molar-refractivity contribution in [2.24, 2.45) is 5.92 Å². The van der Waals surface area contributed by atoms with E-state index >= 15 is 0 Å². The van der Waals surface area contributed by atoms with Gasteiger partial charge in [0.25, 0.3) is 0 Å². The predicted octanol–water partition coefficient (Wildman–Crippen LogP) is 3.59. The summed E-state index contributed by atoms with van der Waals surface area (Å²) in [6.45, 7) is 8.33. The number of hydrogen-bond acceptors (Lipinski definition) is 2. The van der Waals surface area contributed by atoms with Crippen LogP contribution in [0.15, 0.2) is 18.2 Å². The molecule has 1 aliphatic heterocycles. The molecular weight excluding hydrogens is 270 g/mol. The summed E-state index contributed by atoms with van der Waals surface area (Å²) in [5.41, 5.74) is 1.80. The number of hydrogen-bond donors (Lipinski definition) is 0. The van der Waals surface area contributed by atoms with Crippen molar-refractivity contribution in [3.05, 3.63) is 28.8 Å². The van der Waals surface area contributed by atoms with Crippen LogP contribution in [0.25, 0.3) is 0 Å². The molecule has 0 unspecified atom stereocenters. The molecule has 1 saturated carbocycles. The molecule has 0 spiro atoms. The molecule has 2 aliphatic rings. The molecule has 0 radical (unpaired) electrons. The Balaban J connectivity index is 1.91. The molecule has 1 saturated heterocycles. The molecule has 2 fully saturated rings. The molecule has 0 bridgehead atoms. The van der Waals surface area contributed by atoms with Crippen LogP contribution in [0.3, 0.4) is 0 Å². The molecular formula is C16H22BClO2. The molecule has 0 amide bonds. The van der Waals surface area contributed by atoms with Gasteiger partial charge in [0, 0.05) is 5.02 Å². The van der Waals surface area contributed by atoms with E-state index in [4.69, 9.17) is 20.9 Å². The molecule has 0 N–H and O–H groups in total. The third kappa shape index (κ3) is 2.64. The smallest absolute Gasteiger partial charge is 0.399 e. The summed E-state index contributed by atoms with van der Waals surface area (Å²) in [4.78, 5) is 0. The first-order valence-corrected chi connectivity index (χ1v) is 7.80. The second kappa shape index (κ2) is 4.76. The highest BCUT2D eigenvalue weighted by atomic mass is 35.5. The van der Waals surface area contributed by atoms with Gasteiger partial charge < -0.3 is 9.31 Å². The van der Waals surface area contributed by atoms with Crippen LogP contribution in [0.1, 0.15) is 46.1 Å². The van der Waals surface area contributed by atoms with Crippen molar-refractivity contribution in [2.45, 2.75) is 58.2 Å². The largest absolute Gasteiger partial charge is 0.495 e. The molecule has 2 nitrogen and oxygen atoms in total. The molecule has 1 aromatic carbocycles. The zero-order valence-corrected chi connectivity index (χ0v) is 13.5. The van der Waals surface area contributed by atoms with Crippen molar-refractivity contribution in [1.82, 2.24) is 0 Å². The minimum absolute atomic E-state index is 0.309. The van der Waals surface area contributed by atoms with Gasteiger partial charge in [-0.2, -0.15) is 0 Å². The summed E-state index contributed by atoms with van der Waals surface area (Å²) < 4.78 is 12.3. The van der Waals surface area contributed by atoms with E-state index in [9.17, 15) is 0 Å². The fourth-order valence-electron chi connectivity index (χ4n) is 2.57. The fraction of sp³-hybridized carbons (Fsp3) is 0.625. The van der Waals surface area contributed by atoms with Gasteiger partial charge in [0.1, 0.15) is 0 Å². The minimum atomic E-state index is -0.313. The highest BCUT2D eigenvalue weighted by Crippen LogP contribution is 2.38. The van der Waals surface area contributed by atoms with E-state index in [-0.39, 0.29) is 18.3 Å². The van der Waals surface area contributed by atoms with Gasteiger partial charge in [-0.25, -0.2) is 0 Å². The highest BCUT2D eigenvalue weighted by Gasteiger charge is 2.52. The predicted molar refractivity (Wildman–Crippen MR) is 83.6 cm³/mol. The molecule has 4 heteroatoms. The van der Waals surface area contributed by atoms with Crippen LogP contribution in [0.4, 0.5) is 0 Å². The normalized spacial score (nSPS) is 24.1. The molecule has 0 aromatic heterocycles. The Morgan fingerprint density at radius 1 is 1.15 bits per heavy atom. The maximum Gasteiger partial charge on any atom is 0.495 e. The Kier molecular flexibility index (Phi) is 3.43. The lowest BCUT2D eigenvalue weighted by atomic mass is 9.75. The molecule has 3 rings (SSSR count). The van der Waals surface area contributed by atoms with Crippen LogP contribution in [0.2, 0.25) is 5.02 Å². The monoisotopic (exact) mass is 292 g/mol. The van der Waals surface area contributed by atoms with E-state index in [0.717, 1.165) is 22.8 Å². The number of benzene rings is 1. The summed E-state index contributed by atoms with van der Waals surface area (Å²) in [7, 11) is -0.313. The van der Waals surface area contributed by atoms with Crippen LogP contribution in [0, 0.1) is 5.92 Å². The molecule has 108 valence electrons. The molecule has 1 heterocycles. The average Bonchev–Trinajstić information content (AvgIpc) is 3.10. The van der Waals surface area contributed by atoms with Gasteiger partial charge in [-0.3, -0.25) is 0 Å². The second-order valence-electron chi connectivity index (χ2n) is 7.08. The maximum atomic E-state index is 6.18. The van der Waals surface area contributed by atoms with E-state index in [0.29, 0.717) is 0 Å². The van der Waals surface area contributed by atoms with Crippen molar-refractivity contribution >= 4 is 24.2 Å². The van der Waals surface area contributed by atoms with Crippen LogP contribution >= 0.6 is 11.6 Å². The van der Waals surface area contributed by atoms with Gasteiger partial charge in [0.2, 0.25) is 0 Å². The highest BCUT2D eigenvalue weighted by molar-refractivity contribution is 6.63.